The van der Waals surface area contributed by atoms with Gasteiger partial charge in [0.15, 0.2) is 0 Å². The average molecular weight is 206 g/mol. The zero-order chi connectivity index (χ0) is 10.1. The van der Waals surface area contributed by atoms with Crippen molar-refractivity contribution in [2.75, 3.05) is 12.5 Å². The highest BCUT2D eigenvalue weighted by atomic mass is 32.2. The van der Waals surface area contributed by atoms with Crippen LogP contribution in [0.25, 0.3) is 0 Å². The van der Waals surface area contributed by atoms with Gasteiger partial charge in [0.2, 0.25) is 6.79 Å². The van der Waals surface area contributed by atoms with E-state index < -0.39 is 5.30 Å². The summed E-state index contributed by atoms with van der Waals surface area (Å²) < 4.78 is 9.18. The number of hydrogen-bond acceptors (Lipinski definition) is 5. The van der Waals surface area contributed by atoms with Crippen LogP contribution in [0.1, 0.15) is 26.7 Å². The largest absolute Gasteiger partial charge is 0.428 e. The summed E-state index contributed by atoms with van der Waals surface area (Å²) in [6.45, 7) is 3.44. The fraction of sp³-hybridized carbons (Fsp3) is 0.750. The molecule has 0 fully saturated rings. The predicted octanol–water partition coefficient (Wildman–Crippen LogP) is 2.18. The Labute approximate surface area is 82.0 Å². The van der Waals surface area contributed by atoms with E-state index in [1.807, 2.05) is 13.8 Å². The summed E-state index contributed by atoms with van der Waals surface area (Å²) >= 11 is 1.04. The normalized spacial score (nSPS) is 9.38. The minimum Gasteiger partial charge on any atom is -0.428 e. The standard InChI is InChI=1S/C8H14O4S/c1-3-5-7(9)11-6-12-8(10)13-4-2/h3-6H2,1-2H3. The minimum absolute atomic E-state index is 0.273. The number of carbonyl (C=O) groups excluding carboxylic acids is 2. The van der Waals surface area contributed by atoms with Gasteiger partial charge in [-0.3, -0.25) is 4.79 Å². The maximum atomic E-state index is 10.8. The van der Waals surface area contributed by atoms with E-state index in [-0.39, 0.29) is 12.8 Å². The molecule has 0 radical (unpaired) electrons. The molecule has 0 bridgehead atoms. The Hall–Kier alpha value is -0.710. The highest BCUT2D eigenvalue weighted by molar-refractivity contribution is 8.13. The van der Waals surface area contributed by atoms with Crippen LogP contribution in [-0.4, -0.2) is 23.8 Å². The van der Waals surface area contributed by atoms with E-state index in [9.17, 15) is 9.59 Å². The molecule has 0 saturated carbocycles. The highest BCUT2D eigenvalue weighted by Crippen LogP contribution is 2.03. The van der Waals surface area contributed by atoms with Gasteiger partial charge < -0.3 is 9.47 Å². The van der Waals surface area contributed by atoms with Gasteiger partial charge in [0.05, 0.1) is 0 Å². The van der Waals surface area contributed by atoms with Crippen molar-refractivity contribution in [1.29, 1.82) is 0 Å². The first-order chi connectivity index (χ1) is 6.20. The summed E-state index contributed by atoms with van der Waals surface area (Å²) in [4.78, 5) is 21.5. The SMILES string of the molecule is CCCC(=O)OCOC(=O)SCC. The first-order valence-corrected chi connectivity index (χ1v) is 5.14. The van der Waals surface area contributed by atoms with Crippen molar-refractivity contribution < 1.29 is 19.1 Å². The van der Waals surface area contributed by atoms with Gasteiger partial charge in [-0.25, -0.2) is 4.79 Å². The monoisotopic (exact) mass is 206 g/mol. The fourth-order valence-corrected chi connectivity index (χ4v) is 0.946. The number of esters is 1. The third kappa shape index (κ3) is 7.64. The van der Waals surface area contributed by atoms with Crippen LogP contribution in [0.4, 0.5) is 4.79 Å². The number of ether oxygens (including phenoxy) is 2. The molecule has 0 aromatic carbocycles. The molecule has 76 valence electrons. The summed E-state index contributed by atoms with van der Waals surface area (Å²) in [7, 11) is 0. The van der Waals surface area contributed by atoms with Gasteiger partial charge in [-0.05, 0) is 18.2 Å². The van der Waals surface area contributed by atoms with Crippen LogP contribution in [0.2, 0.25) is 0 Å². The second-order valence-electron chi connectivity index (χ2n) is 2.21. The molecule has 0 heterocycles. The molecule has 0 unspecified atom stereocenters. The lowest BCUT2D eigenvalue weighted by Crippen LogP contribution is -2.09. The molecular formula is C8H14O4S. The lowest BCUT2D eigenvalue weighted by molar-refractivity contribution is -0.151. The Kier molecular flexibility index (Phi) is 7.48. The van der Waals surface area contributed by atoms with Crippen molar-refractivity contribution in [2.45, 2.75) is 26.7 Å². The molecule has 0 saturated heterocycles. The molecule has 0 aromatic heterocycles. The van der Waals surface area contributed by atoms with Crippen molar-refractivity contribution in [2.24, 2.45) is 0 Å². The molecule has 0 rings (SSSR count). The molecule has 13 heavy (non-hydrogen) atoms. The number of rotatable bonds is 5. The Morgan fingerprint density at radius 3 is 2.46 bits per heavy atom. The maximum absolute atomic E-state index is 10.8. The van der Waals surface area contributed by atoms with Crippen molar-refractivity contribution in [1.82, 2.24) is 0 Å². The Morgan fingerprint density at radius 1 is 1.23 bits per heavy atom. The van der Waals surface area contributed by atoms with Crippen molar-refractivity contribution in [3.05, 3.63) is 0 Å². The number of thioether (sulfide) groups is 1. The lowest BCUT2D eigenvalue weighted by Gasteiger charge is -2.03. The van der Waals surface area contributed by atoms with E-state index in [2.05, 4.69) is 9.47 Å². The molecule has 0 atom stereocenters. The van der Waals surface area contributed by atoms with E-state index in [4.69, 9.17) is 0 Å². The van der Waals surface area contributed by atoms with Gasteiger partial charge >= 0.3 is 11.3 Å². The van der Waals surface area contributed by atoms with E-state index in [0.29, 0.717) is 12.2 Å². The topological polar surface area (TPSA) is 52.6 Å². The van der Waals surface area contributed by atoms with Crippen LogP contribution in [0.15, 0.2) is 0 Å². The van der Waals surface area contributed by atoms with Crippen LogP contribution >= 0.6 is 11.8 Å². The third-order valence-electron chi connectivity index (χ3n) is 1.11. The molecular weight excluding hydrogens is 192 g/mol. The van der Waals surface area contributed by atoms with Gasteiger partial charge in [-0.15, -0.1) is 0 Å². The third-order valence-corrected chi connectivity index (χ3v) is 1.76. The molecule has 4 nitrogen and oxygen atoms in total. The van der Waals surface area contributed by atoms with Crippen LogP contribution in [0.5, 0.6) is 0 Å². The molecule has 0 aliphatic rings. The van der Waals surface area contributed by atoms with E-state index >= 15 is 0 Å². The van der Waals surface area contributed by atoms with Gasteiger partial charge in [0, 0.05) is 12.2 Å². The minimum atomic E-state index is -0.410. The van der Waals surface area contributed by atoms with E-state index in [1.54, 1.807) is 0 Å². The summed E-state index contributed by atoms with van der Waals surface area (Å²) in [6, 6.07) is 0. The summed E-state index contributed by atoms with van der Waals surface area (Å²) in [5.74, 6) is 0.318. The summed E-state index contributed by atoms with van der Waals surface area (Å²) in [6.07, 6.45) is 1.09. The second kappa shape index (κ2) is 7.91. The van der Waals surface area contributed by atoms with Crippen LogP contribution < -0.4 is 0 Å². The Balaban J connectivity index is 3.33. The number of carbonyl (C=O) groups is 2. The second-order valence-corrected chi connectivity index (χ2v) is 3.41. The molecule has 0 aliphatic carbocycles. The molecule has 0 aromatic rings. The van der Waals surface area contributed by atoms with E-state index in [1.165, 1.54) is 0 Å². The van der Waals surface area contributed by atoms with Crippen molar-refractivity contribution >= 4 is 23.0 Å². The Bertz CT molecular complexity index is 152. The predicted molar refractivity (Wildman–Crippen MR) is 50.5 cm³/mol. The molecule has 0 N–H and O–H groups in total. The van der Waals surface area contributed by atoms with Crippen LogP contribution in [0.3, 0.4) is 0 Å². The Morgan fingerprint density at radius 2 is 1.92 bits per heavy atom. The lowest BCUT2D eigenvalue weighted by atomic mass is 10.3. The van der Waals surface area contributed by atoms with Gasteiger partial charge in [0.25, 0.3) is 0 Å². The quantitative estimate of drug-likeness (QED) is 0.509. The highest BCUT2D eigenvalue weighted by Gasteiger charge is 2.04. The maximum Gasteiger partial charge on any atom is 0.370 e. The zero-order valence-corrected chi connectivity index (χ0v) is 8.69. The van der Waals surface area contributed by atoms with Gasteiger partial charge in [0.1, 0.15) is 0 Å². The summed E-state index contributed by atoms with van der Waals surface area (Å²) in [5, 5.41) is -0.410. The van der Waals surface area contributed by atoms with Crippen LogP contribution in [-0.2, 0) is 14.3 Å². The smallest absolute Gasteiger partial charge is 0.370 e. The van der Waals surface area contributed by atoms with Gasteiger partial charge in [-0.1, -0.05) is 13.8 Å². The molecule has 0 spiro atoms. The van der Waals surface area contributed by atoms with Crippen molar-refractivity contribution in [3.63, 3.8) is 0 Å². The first-order valence-electron chi connectivity index (χ1n) is 4.15. The van der Waals surface area contributed by atoms with Gasteiger partial charge in [-0.2, -0.15) is 0 Å². The number of hydrogen-bond donors (Lipinski definition) is 0. The fourth-order valence-electron chi connectivity index (χ4n) is 0.579. The first kappa shape index (κ1) is 12.3. The molecule has 5 heteroatoms. The summed E-state index contributed by atoms with van der Waals surface area (Å²) in [5.41, 5.74) is 0. The van der Waals surface area contributed by atoms with Crippen molar-refractivity contribution in [3.8, 4) is 0 Å². The van der Waals surface area contributed by atoms with E-state index in [0.717, 1.165) is 18.2 Å². The van der Waals surface area contributed by atoms with Crippen LogP contribution in [0, 0.1) is 0 Å². The average Bonchev–Trinajstić information content (AvgIpc) is 2.05. The molecule has 0 aliphatic heterocycles. The zero-order valence-electron chi connectivity index (χ0n) is 7.87. The molecule has 0 amide bonds.